The first-order valence-corrected chi connectivity index (χ1v) is 16.2. The van der Waals surface area contributed by atoms with Gasteiger partial charge in [0.1, 0.15) is 11.4 Å². The zero-order valence-corrected chi connectivity index (χ0v) is 14.1. The molecule has 16 heavy (non-hydrogen) atoms. The van der Waals surface area contributed by atoms with E-state index in [-0.39, 0.29) is 11.6 Å². The van der Waals surface area contributed by atoms with Crippen molar-refractivity contribution in [3.8, 4) is 0 Å². The molecule has 3 nitrogen and oxygen atoms in total. The molecule has 7 heteroatoms. The Morgan fingerprint density at radius 3 is 1.62 bits per heavy atom. The predicted octanol–water partition coefficient (Wildman–Crippen LogP) is 3.56. The Bertz CT molecular complexity index is 353. The zero-order chi connectivity index (χ0) is 12.7. The van der Waals surface area contributed by atoms with Gasteiger partial charge in [-0.05, 0) is 12.1 Å². The van der Waals surface area contributed by atoms with Crippen LogP contribution >= 0.6 is 17.4 Å². The summed E-state index contributed by atoms with van der Waals surface area (Å²) in [5.41, 5.74) is 0.672. The van der Waals surface area contributed by atoms with Crippen molar-refractivity contribution in [2.45, 2.75) is 13.8 Å². The van der Waals surface area contributed by atoms with Gasteiger partial charge >= 0.3 is 47.3 Å². The van der Waals surface area contributed by atoms with Gasteiger partial charge in [-0.1, -0.05) is 6.07 Å². The number of hydrogen-bond acceptors (Lipinski definition) is 3. The van der Waals surface area contributed by atoms with Crippen molar-refractivity contribution in [1.82, 2.24) is 4.98 Å². The second kappa shape index (κ2) is 8.75. The first-order chi connectivity index (χ1) is 7.34. The number of halogens is 3. The second-order valence-corrected chi connectivity index (χ2v) is 16.8. The molecule has 0 aliphatic heterocycles. The van der Waals surface area contributed by atoms with Crippen LogP contribution in [0.1, 0.15) is 34.8 Å². The number of pyridine rings is 1. The van der Waals surface area contributed by atoms with Gasteiger partial charge in [-0.25, -0.2) is 4.98 Å². The summed E-state index contributed by atoms with van der Waals surface area (Å²) in [7, 11) is 0. The zero-order valence-electron chi connectivity index (χ0n) is 8.63. The number of aromatic nitrogens is 1. The van der Waals surface area contributed by atoms with E-state index in [1.165, 1.54) is 13.8 Å². The van der Waals surface area contributed by atoms with Crippen LogP contribution < -0.4 is 0 Å². The maximum atomic E-state index is 10.8. The standard InChI is InChI=1S/C9H9NO2.3ClH.Nd/c1-6(11)8-4-3-5-9(10-8)7(2)12;;;;/h3-5H,1-2H3;3*1H;/q;;;;+3/p-3. The van der Waals surface area contributed by atoms with E-state index in [2.05, 4.69) is 4.98 Å². The van der Waals surface area contributed by atoms with Crippen LogP contribution in [-0.2, 0) is 0 Å². The molecule has 87 valence electrons. The summed E-state index contributed by atoms with van der Waals surface area (Å²) < 4.78 is 0. The summed E-state index contributed by atoms with van der Waals surface area (Å²) >= 11 is -2.24. The fourth-order valence-corrected chi connectivity index (χ4v) is 0.827. The summed E-state index contributed by atoms with van der Waals surface area (Å²) in [6.45, 7) is 2.85. The Labute approximate surface area is 115 Å². The molecule has 1 aromatic heterocycles. The molecule has 0 amide bonds. The van der Waals surface area contributed by atoms with E-state index in [1.54, 1.807) is 18.2 Å². The number of nitrogens with zero attached hydrogens (tertiary/aromatic N) is 1. The van der Waals surface area contributed by atoms with Crippen molar-refractivity contribution in [1.29, 1.82) is 0 Å². The number of rotatable bonds is 2. The van der Waals surface area contributed by atoms with Gasteiger partial charge in [0.05, 0.1) is 0 Å². The molecule has 0 fully saturated rings. The van der Waals surface area contributed by atoms with Crippen molar-refractivity contribution < 1.29 is 39.5 Å². The molecule has 0 radical (unpaired) electrons. The molecule has 0 saturated heterocycles. The Balaban J connectivity index is 0.000000487. The summed E-state index contributed by atoms with van der Waals surface area (Å²) in [5.74, 6) is 14.8. The SMILES string of the molecule is CC(=O)c1cccc(C(C)=O)n1.[Cl][Nd]([Cl])[Cl]. The van der Waals surface area contributed by atoms with E-state index in [0.29, 0.717) is 11.4 Å². The molecular formula is C9H9Cl3NNdO2. The molecule has 0 spiro atoms. The van der Waals surface area contributed by atoms with Crippen LogP contribution in [-0.4, -0.2) is 16.6 Å². The van der Waals surface area contributed by atoms with E-state index < -0.39 is 29.9 Å². The molecule has 0 atom stereocenters. The first kappa shape index (κ1) is 16.7. The van der Waals surface area contributed by atoms with Gasteiger partial charge in [0.2, 0.25) is 0 Å². The Morgan fingerprint density at radius 2 is 1.38 bits per heavy atom. The maximum absolute atomic E-state index is 10.8. The van der Waals surface area contributed by atoms with Crippen molar-refractivity contribution in [2.75, 3.05) is 0 Å². The van der Waals surface area contributed by atoms with E-state index >= 15 is 0 Å². The van der Waals surface area contributed by atoms with Crippen LogP contribution in [0.5, 0.6) is 0 Å². The third kappa shape index (κ3) is 7.90. The molecule has 1 aromatic rings. The quantitative estimate of drug-likeness (QED) is 0.697. The monoisotopic (exact) mass is 410 g/mol. The molecule has 1 rings (SSSR count). The minimum absolute atomic E-state index is 0.127. The normalized spacial score (nSPS) is 8.81. The molecule has 0 N–H and O–H groups in total. The molecule has 0 aliphatic rings. The number of carbonyl (C=O) groups is 2. The van der Waals surface area contributed by atoms with Crippen LogP contribution in [0, 0.1) is 29.9 Å². The third-order valence-corrected chi connectivity index (χ3v) is 1.47. The van der Waals surface area contributed by atoms with Crippen molar-refractivity contribution in [2.24, 2.45) is 0 Å². The van der Waals surface area contributed by atoms with Gasteiger partial charge in [-0.3, -0.25) is 9.59 Å². The molecule has 0 bridgehead atoms. The molecule has 1 heterocycles. The molecule has 0 unspecified atom stereocenters. The topological polar surface area (TPSA) is 47.0 Å². The number of carbonyl (C=O) groups excluding carboxylic acids is 2. The minimum atomic E-state index is -2.24. The fraction of sp³-hybridized carbons (Fsp3) is 0.222. The second-order valence-electron chi connectivity index (χ2n) is 2.73. The van der Waals surface area contributed by atoms with Crippen molar-refractivity contribution in [3.05, 3.63) is 29.6 Å². The van der Waals surface area contributed by atoms with Crippen LogP contribution in [0.25, 0.3) is 0 Å². The van der Waals surface area contributed by atoms with Crippen LogP contribution in [0.2, 0.25) is 0 Å². The van der Waals surface area contributed by atoms with Crippen LogP contribution in [0.15, 0.2) is 18.2 Å². The Morgan fingerprint density at radius 1 is 1.06 bits per heavy atom. The molecule has 0 saturated carbocycles. The summed E-state index contributed by atoms with van der Waals surface area (Å²) in [5, 5.41) is 0. The predicted molar refractivity (Wildman–Crippen MR) is 61.8 cm³/mol. The van der Waals surface area contributed by atoms with Gasteiger partial charge in [-0.15, -0.1) is 0 Å². The van der Waals surface area contributed by atoms with Crippen LogP contribution in [0.4, 0.5) is 0 Å². The van der Waals surface area contributed by atoms with E-state index in [1.807, 2.05) is 0 Å². The summed E-state index contributed by atoms with van der Waals surface area (Å²) in [4.78, 5) is 25.6. The van der Waals surface area contributed by atoms with E-state index in [0.717, 1.165) is 0 Å². The van der Waals surface area contributed by atoms with Gasteiger partial charge < -0.3 is 0 Å². The Hall–Kier alpha value is 0.711. The molecule has 0 aromatic carbocycles. The van der Waals surface area contributed by atoms with Crippen molar-refractivity contribution >= 4 is 29.0 Å². The molecule has 0 aliphatic carbocycles. The fourth-order valence-electron chi connectivity index (χ4n) is 0.827. The van der Waals surface area contributed by atoms with E-state index in [9.17, 15) is 9.59 Å². The average molecular weight is 414 g/mol. The van der Waals surface area contributed by atoms with Crippen molar-refractivity contribution in [3.63, 3.8) is 0 Å². The number of Topliss-reactive ketones (excluding diaryl/α,β-unsaturated/α-hetero) is 2. The first-order valence-electron chi connectivity index (χ1n) is 4.17. The third-order valence-electron chi connectivity index (χ3n) is 1.47. The average Bonchev–Trinajstić information content (AvgIpc) is 2.17. The summed E-state index contributed by atoms with van der Waals surface area (Å²) in [6, 6.07) is 4.84. The van der Waals surface area contributed by atoms with Gasteiger partial charge in [0, 0.05) is 13.8 Å². The van der Waals surface area contributed by atoms with Gasteiger partial charge in [0.25, 0.3) is 0 Å². The van der Waals surface area contributed by atoms with Gasteiger partial charge in [-0.2, -0.15) is 0 Å². The van der Waals surface area contributed by atoms with Crippen LogP contribution in [0.3, 0.4) is 0 Å². The Kier molecular flexibility index (Phi) is 9.14. The number of ketones is 2. The molecular weight excluding hydrogens is 405 g/mol. The van der Waals surface area contributed by atoms with Gasteiger partial charge in [0.15, 0.2) is 11.6 Å². The van der Waals surface area contributed by atoms with E-state index in [4.69, 9.17) is 17.4 Å². The summed E-state index contributed by atoms with van der Waals surface area (Å²) in [6.07, 6.45) is 0. The number of hydrogen-bond donors (Lipinski definition) is 0.